The van der Waals surface area contributed by atoms with E-state index in [0.717, 1.165) is 25.7 Å². The van der Waals surface area contributed by atoms with E-state index < -0.39 is 5.54 Å². The van der Waals surface area contributed by atoms with Crippen LogP contribution < -0.4 is 5.73 Å². The van der Waals surface area contributed by atoms with Gasteiger partial charge in [-0.3, -0.25) is 9.59 Å². The third kappa shape index (κ3) is 12.5. The van der Waals surface area contributed by atoms with Gasteiger partial charge < -0.3 is 15.2 Å². The molecule has 1 rings (SSSR count). The first kappa shape index (κ1) is 27.9. The zero-order valence-corrected chi connectivity index (χ0v) is 20.4. The Kier molecular flexibility index (Phi) is 15.7. The predicted octanol–water partition coefficient (Wildman–Crippen LogP) is 6.46. The SMILES string of the molecule is CCCCCCCCCOC(=O)C1CCC(N)(C(=O)OCCCCCCCCC)CC1. The van der Waals surface area contributed by atoms with Crippen LogP contribution in [0.4, 0.5) is 0 Å². The van der Waals surface area contributed by atoms with Crippen molar-refractivity contribution in [2.24, 2.45) is 11.7 Å². The van der Waals surface area contributed by atoms with Gasteiger partial charge in [0.2, 0.25) is 0 Å². The number of carbonyl (C=O) groups is 2. The van der Waals surface area contributed by atoms with Gasteiger partial charge in [-0.15, -0.1) is 0 Å². The second-order valence-corrected chi connectivity index (χ2v) is 9.48. The summed E-state index contributed by atoms with van der Waals surface area (Å²) in [5, 5.41) is 0. The quantitative estimate of drug-likeness (QED) is 0.196. The fraction of sp³-hybridized carbons (Fsp3) is 0.923. The molecule has 0 aromatic carbocycles. The lowest BCUT2D eigenvalue weighted by atomic mass is 9.77. The highest BCUT2D eigenvalue weighted by atomic mass is 16.5. The largest absolute Gasteiger partial charge is 0.465 e. The van der Waals surface area contributed by atoms with Gasteiger partial charge in [0, 0.05) is 0 Å². The molecule has 0 amide bonds. The van der Waals surface area contributed by atoms with E-state index in [4.69, 9.17) is 15.2 Å². The molecule has 0 bridgehead atoms. The maximum absolute atomic E-state index is 12.4. The van der Waals surface area contributed by atoms with Crippen molar-refractivity contribution < 1.29 is 19.1 Å². The summed E-state index contributed by atoms with van der Waals surface area (Å²) in [5.41, 5.74) is 5.39. The number of rotatable bonds is 18. The monoisotopic (exact) mass is 439 g/mol. The van der Waals surface area contributed by atoms with Crippen LogP contribution in [0.1, 0.15) is 129 Å². The molecule has 0 aliphatic heterocycles. The van der Waals surface area contributed by atoms with Crippen LogP contribution >= 0.6 is 0 Å². The second-order valence-electron chi connectivity index (χ2n) is 9.48. The molecule has 5 heteroatoms. The summed E-state index contributed by atoms with van der Waals surface area (Å²) >= 11 is 0. The number of ether oxygens (including phenoxy) is 2. The van der Waals surface area contributed by atoms with E-state index in [9.17, 15) is 9.59 Å². The van der Waals surface area contributed by atoms with Gasteiger partial charge in [0.05, 0.1) is 19.1 Å². The lowest BCUT2D eigenvalue weighted by molar-refractivity contribution is -0.156. The highest BCUT2D eigenvalue weighted by molar-refractivity contribution is 5.81. The molecule has 2 N–H and O–H groups in total. The number of nitrogens with two attached hydrogens (primary N) is 1. The maximum atomic E-state index is 12.4. The zero-order chi connectivity index (χ0) is 22.8. The van der Waals surface area contributed by atoms with E-state index in [-0.39, 0.29) is 17.9 Å². The number of esters is 2. The molecular weight excluding hydrogens is 390 g/mol. The molecular formula is C26H49NO4. The van der Waals surface area contributed by atoms with Crippen molar-refractivity contribution in [2.45, 2.75) is 135 Å². The standard InChI is InChI=1S/C26H49NO4/c1-3-5-7-9-11-13-15-21-30-24(28)23-17-19-26(27,20-18-23)25(29)31-22-16-14-12-10-8-6-4-2/h23H,3-22,27H2,1-2H3. The van der Waals surface area contributed by atoms with Crippen molar-refractivity contribution in [1.82, 2.24) is 0 Å². The lowest BCUT2D eigenvalue weighted by Crippen LogP contribution is -2.52. The maximum Gasteiger partial charge on any atom is 0.326 e. The second kappa shape index (κ2) is 17.5. The first-order valence-corrected chi connectivity index (χ1v) is 13.2. The molecule has 1 aliphatic rings. The molecule has 0 saturated heterocycles. The molecule has 0 unspecified atom stereocenters. The molecule has 0 radical (unpaired) electrons. The number of hydrogen-bond acceptors (Lipinski definition) is 5. The van der Waals surface area contributed by atoms with E-state index in [0.29, 0.717) is 38.9 Å². The summed E-state index contributed by atoms with van der Waals surface area (Å²) in [6, 6.07) is 0. The van der Waals surface area contributed by atoms with Crippen molar-refractivity contribution in [3.63, 3.8) is 0 Å². The van der Waals surface area contributed by atoms with E-state index >= 15 is 0 Å². The van der Waals surface area contributed by atoms with Gasteiger partial charge in [-0.2, -0.15) is 0 Å². The van der Waals surface area contributed by atoms with Crippen molar-refractivity contribution >= 4 is 11.9 Å². The molecule has 0 atom stereocenters. The highest BCUT2D eigenvalue weighted by Crippen LogP contribution is 2.32. The normalized spacial score (nSPS) is 21.1. The van der Waals surface area contributed by atoms with Gasteiger partial charge in [-0.05, 0) is 38.5 Å². The van der Waals surface area contributed by atoms with Crippen LogP contribution in [0.15, 0.2) is 0 Å². The van der Waals surface area contributed by atoms with Crippen LogP contribution in [0, 0.1) is 5.92 Å². The minimum Gasteiger partial charge on any atom is -0.465 e. The summed E-state index contributed by atoms with van der Waals surface area (Å²) < 4.78 is 10.9. The molecule has 0 aromatic heterocycles. The number of hydrogen-bond donors (Lipinski definition) is 1. The molecule has 5 nitrogen and oxygen atoms in total. The fourth-order valence-corrected chi connectivity index (χ4v) is 4.29. The molecule has 0 heterocycles. The molecule has 31 heavy (non-hydrogen) atoms. The van der Waals surface area contributed by atoms with Gasteiger partial charge in [-0.1, -0.05) is 90.9 Å². The van der Waals surface area contributed by atoms with Crippen molar-refractivity contribution in [3.8, 4) is 0 Å². The Morgan fingerprint density at radius 3 is 1.61 bits per heavy atom. The molecule has 182 valence electrons. The predicted molar refractivity (Wildman–Crippen MR) is 127 cm³/mol. The number of carbonyl (C=O) groups excluding carboxylic acids is 2. The van der Waals surface area contributed by atoms with Crippen LogP contribution in [0.5, 0.6) is 0 Å². The smallest absolute Gasteiger partial charge is 0.326 e. The van der Waals surface area contributed by atoms with Crippen molar-refractivity contribution in [2.75, 3.05) is 13.2 Å². The fourth-order valence-electron chi connectivity index (χ4n) is 4.29. The summed E-state index contributed by atoms with van der Waals surface area (Å²) in [6.45, 7) is 5.41. The van der Waals surface area contributed by atoms with Crippen LogP contribution in [0.3, 0.4) is 0 Å². The van der Waals surface area contributed by atoms with E-state index in [1.165, 1.54) is 64.2 Å². The molecule has 1 aliphatic carbocycles. The van der Waals surface area contributed by atoms with E-state index in [2.05, 4.69) is 13.8 Å². The Morgan fingerprint density at radius 1 is 0.710 bits per heavy atom. The third-order valence-corrected chi connectivity index (χ3v) is 6.59. The van der Waals surface area contributed by atoms with Crippen LogP contribution in [0.2, 0.25) is 0 Å². The summed E-state index contributed by atoms with van der Waals surface area (Å²) in [4.78, 5) is 24.8. The van der Waals surface area contributed by atoms with Crippen LogP contribution in [-0.2, 0) is 19.1 Å². The van der Waals surface area contributed by atoms with Crippen LogP contribution in [0.25, 0.3) is 0 Å². The molecule has 1 saturated carbocycles. The van der Waals surface area contributed by atoms with Gasteiger partial charge >= 0.3 is 11.9 Å². The Balaban J connectivity index is 2.10. The van der Waals surface area contributed by atoms with Crippen LogP contribution in [-0.4, -0.2) is 30.7 Å². The van der Waals surface area contributed by atoms with Crippen molar-refractivity contribution in [1.29, 1.82) is 0 Å². The summed E-state index contributed by atoms with van der Waals surface area (Å²) in [6.07, 6.45) is 19.0. The highest BCUT2D eigenvalue weighted by Gasteiger charge is 2.41. The number of unbranched alkanes of at least 4 members (excludes halogenated alkanes) is 12. The Morgan fingerprint density at radius 2 is 1.13 bits per heavy atom. The lowest BCUT2D eigenvalue weighted by Gasteiger charge is -2.34. The Hall–Kier alpha value is -1.10. The first-order valence-electron chi connectivity index (χ1n) is 13.2. The van der Waals surface area contributed by atoms with Crippen molar-refractivity contribution in [3.05, 3.63) is 0 Å². The van der Waals surface area contributed by atoms with E-state index in [1.54, 1.807) is 0 Å². The molecule has 1 fully saturated rings. The average Bonchev–Trinajstić information content (AvgIpc) is 2.77. The van der Waals surface area contributed by atoms with Gasteiger partial charge in [0.15, 0.2) is 0 Å². The van der Waals surface area contributed by atoms with Gasteiger partial charge in [0.25, 0.3) is 0 Å². The topological polar surface area (TPSA) is 78.6 Å². The minimum absolute atomic E-state index is 0.121. The average molecular weight is 440 g/mol. The molecule has 0 aromatic rings. The third-order valence-electron chi connectivity index (χ3n) is 6.59. The summed E-state index contributed by atoms with van der Waals surface area (Å²) in [5.74, 6) is -0.546. The first-order chi connectivity index (χ1) is 15.0. The summed E-state index contributed by atoms with van der Waals surface area (Å²) in [7, 11) is 0. The molecule has 0 spiro atoms. The van der Waals surface area contributed by atoms with Gasteiger partial charge in [-0.25, -0.2) is 0 Å². The Bertz CT molecular complexity index is 472. The zero-order valence-electron chi connectivity index (χ0n) is 20.4. The van der Waals surface area contributed by atoms with E-state index in [1.807, 2.05) is 0 Å². The Labute approximate surface area is 191 Å². The van der Waals surface area contributed by atoms with Gasteiger partial charge in [0.1, 0.15) is 5.54 Å². The minimum atomic E-state index is -0.934.